The molecule has 7 heteroatoms. The molecule has 0 spiro atoms. The highest BCUT2D eigenvalue weighted by molar-refractivity contribution is 6.06. The molecule has 24 heavy (non-hydrogen) atoms. The van der Waals surface area contributed by atoms with Crippen molar-refractivity contribution in [2.75, 3.05) is 25.8 Å². The highest BCUT2D eigenvalue weighted by Crippen LogP contribution is 2.35. The molecule has 124 valence electrons. The molecule has 1 N–H and O–H groups in total. The first-order chi connectivity index (χ1) is 11.5. The zero-order valence-corrected chi connectivity index (χ0v) is 13.2. The number of rotatable bonds is 3. The lowest BCUT2D eigenvalue weighted by Gasteiger charge is -2.18. The van der Waals surface area contributed by atoms with Gasteiger partial charge in [0.05, 0.1) is 0 Å². The molecule has 3 rings (SSSR count). The fraction of sp³-hybridized carbons (Fsp3) is 0.176. The molecule has 2 amide bonds. The number of carbonyl (C=O) groups excluding carboxylic acids is 2. The van der Waals surface area contributed by atoms with Crippen molar-refractivity contribution >= 4 is 17.5 Å². The van der Waals surface area contributed by atoms with Crippen LogP contribution in [0.15, 0.2) is 42.5 Å². The Bertz CT molecular complexity index is 786. The van der Waals surface area contributed by atoms with Gasteiger partial charge in [0.1, 0.15) is 0 Å². The normalized spacial score (nSPS) is 12.0. The topological polar surface area (TPSA) is 79.3 Å². The number of amides is 2. The largest absolute Gasteiger partial charge is 0.454 e. The molecule has 2 aromatic rings. The van der Waals surface area contributed by atoms with Gasteiger partial charge in [0, 0.05) is 37.0 Å². The van der Waals surface area contributed by atoms with Gasteiger partial charge in [-0.15, -0.1) is 0 Å². The SMILES string of the molecule is CN(O)C(=O)c1ccc(C(=O)N(C)c2ccc3c(c2)OCO3)cc1. The zero-order valence-electron chi connectivity index (χ0n) is 13.2. The van der Waals surface area contributed by atoms with Crippen molar-refractivity contribution in [3.63, 3.8) is 0 Å². The predicted molar refractivity (Wildman–Crippen MR) is 85.6 cm³/mol. The second-order valence-electron chi connectivity index (χ2n) is 5.31. The van der Waals surface area contributed by atoms with Crippen molar-refractivity contribution in [1.29, 1.82) is 0 Å². The van der Waals surface area contributed by atoms with Crippen LogP contribution >= 0.6 is 0 Å². The first-order valence-electron chi connectivity index (χ1n) is 7.22. The van der Waals surface area contributed by atoms with Crippen molar-refractivity contribution < 1.29 is 24.3 Å². The number of fused-ring (bicyclic) bond motifs is 1. The lowest BCUT2D eigenvalue weighted by atomic mass is 10.1. The summed E-state index contributed by atoms with van der Waals surface area (Å²) in [4.78, 5) is 25.7. The Morgan fingerprint density at radius 1 is 0.917 bits per heavy atom. The predicted octanol–water partition coefficient (Wildman–Crippen LogP) is 2.15. The third-order valence-corrected chi connectivity index (χ3v) is 3.72. The number of carbonyl (C=O) groups is 2. The van der Waals surface area contributed by atoms with E-state index in [4.69, 9.17) is 14.7 Å². The Morgan fingerprint density at radius 2 is 1.50 bits per heavy atom. The maximum Gasteiger partial charge on any atom is 0.276 e. The second-order valence-corrected chi connectivity index (χ2v) is 5.31. The fourth-order valence-electron chi connectivity index (χ4n) is 2.35. The summed E-state index contributed by atoms with van der Waals surface area (Å²) in [6.07, 6.45) is 0. The average Bonchev–Trinajstić information content (AvgIpc) is 3.07. The molecular weight excluding hydrogens is 312 g/mol. The maximum absolute atomic E-state index is 12.6. The molecule has 1 heterocycles. The van der Waals surface area contributed by atoms with Crippen molar-refractivity contribution in [2.45, 2.75) is 0 Å². The second kappa shape index (κ2) is 6.21. The van der Waals surface area contributed by atoms with Crippen molar-refractivity contribution in [1.82, 2.24) is 5.06 Å². The monoisotopic (exact) mass is 328 g/mol. The van der Waals surface area contributed by atoms with Gasteiger partial charge in [-0.05, 0) is 36.4 Å². The van der Waals surface area contributed by atoms with Crippen LogP contribution in [-0.4, -0.2) is 43.0 Å². The van der Waals surface area contributed by atoms with Crippen molar-refractivity contribution in [3.05, 3.63) is 53.6 Å². The summed E-state index contributed by atoms with van der Waals surface area (Å²) in [5, 5.41) is 9.65. The van der Waals surface area contributed by atoms with Crippen LogP contribution in [0.25, 0.3) is 0 Å². The minimum Gasteiger partial charge on any atom is -0.454 e. The Kier molecular flexibility index (Phi) is 4.09. The first kappa shape index (κ1) is 15.8. The van der Waals surface area contributed by atoms with Crippen LogP contribution in [0.1, 0.15) is 20.7 Å². The van der Waals surface area contributed by atoms with Gasteiger partial charge in [0.2, 0.25) is 6.79 Å². The van der Waals surface area contributed by atoms with Gasteiger partial charge in [0.15, 0.2) is 11.5 Å². The molecule has 1 aliphatic rings. The molecule has 0 unspecified atom stereocenters. The summed E-state index contributed by atoms with van der Waals surface area (Å²) in [5.74, 6) is 0.470. The van der Waals surface area contributed by atoms with Gasteiger partial charge in [-0.25, -0.2) is 5.06 Å². The Morgan fingerprint density at radius 3 is 2.12 bits per heavy atom. The third-order valence-electron chi connectivity index (χ3n) is 3.72. The molecule has 0 bridgehead atoms. The number of anilines is 1. The highest BCUT2D eigenvalue weighted by Gasteiger charge is 2.19. The molecular formula is C17H16N2O5. The van der Waals surface area contributed by atoms with Crippen LogP contribution in [0.2, 0.25) is 0 Å². The number of hydrogen-bond donors (Lipinski definition) is 1. The quantitative estimate of drug-likeness (QED) is 0.690. The first-order valence-corrected chi connectivity index (χ1v) is 7.22. The summed E-state index contributed by atoms with van der Waals surface area (Å²) in [6.45, 7) is 0.172. The van der Waals surface area contributed by atoms with Crippen LogP contribution < -0.4 is 14.4 Å². The summed E-state index contributed by atoms with van der Waals surface area (Å²) in [5.41, 5.74) is 1.38. The molecule has 0 saturated heterocycles. The number of nitrogens with zero attached hydrogens (tertiary/aromatic N) is 2. The number of ether oxygens (including phenoxy) is 2. The minimum absolute atomic E-state index is 0.172. The van der Waals surface area contributed by atoms with Gasteiger partial charge >= 0.3 is 0 Å². The Hall–Kier alpha value is -3.06. The van der Waals surface area contributed by atoms with Gasteiger partial charge < -0.3 is 14.4 Å². The minimum atomic E-state index is -0.543. The molecule has 2 aromatic carbocycles. The summed E-state index contributed by atoms with van der Waals surface area (Å²) < 4.78 is 10.6. The molecule has 1 aliphatic heterocycles. The van der Waals surface area contributed by atoms with Gasteiger partial charge in [0.25, 0.3) is 11.8 Å². The lowest BCUT2D eigenvalue weighted by Crippen LogP contribution is -2.26. The maximum atomic E-state index is 12.6. The smallest absolute Gasteiger partial charge is 0.276 e. The summed E-state index contributed by atoms with van der Waals surface area (Å²) >= 11 is 0. The molecule has 0 fully saturated rings. The van der Waals surface area contributed by atoms with Crippen LogP contribution in [0.4, 0.5) is 5.69 Å². The lowest BCUT2D eigenvalue weighted by molar-refractivity contribution is -0.0374. The molecule has 0 saturated carbocycles. The fourth-order valence-corrected chi connectivity index (χ4v) is 2.35. The van der Waals surface area contributed by atoms with E-state index in [1.165, 1.54) is 24.1 Å². The molecule has 7 nitrogen and oxygen atoms in total. The van der Waals surface area contributed by atoms with E-state index in [1.807, 2.05) is 0 Å². The molecule has 0 aliphatic carbocycles. The van der Waals surface area contributed by atoms with E-state index in [0.717, 1.165) is 0 Å². The van der Waals surface area contributed by atoms with E-state index in [9.17, 15) is 9.59 Å². The molecule has 0 radical (unpaired) electrons. The summed E-state index contributed by atoms with van der Waals surface area (Å²) in [6, 6.07) is 11.3. The van der Waals surface area contributed by atoms with Crippen LogP contribution in [0.5, 0.6) is 11.5 Å². The zero-order chi connectivity index (χ0) is 17.3. The van der Waals surface area contributed by atoms with E-state index in [-0.39, 0.29) is 12.7 Å². The van der Waals surface area contributed by atoms with Crippen molar-refractivity contribution in [3.8, 4) is 11.5 Å². The van der Waals surface area contributed by atoms with Crippen LogP contribution in [0, 0.1) is 0 Å². The third kappa shape index (κ3) is 2.89. The van der Waals surface area contributed by atoms with Gasteiger partial charge in [-0.3, -0.25) is 14.8 Å². The molecule has 0 atom stereocenters. The number of hydroxylamine groups is 2. The van der Waals surface area contributed by atoms with E-state index in [1.54, 1.807) is 37.4 Å². The van der Waals surface area contributed by atoms with Crippen molar-refractivity contribution in [2.24, 2.45) is 0 Å². The van der Waals surface area contributed by atoms with Crippen LogP contribution in [0.3, 0.4) is 0 Å². The highest BCUT2D eigenvalue weighted by atomic mass is 16.7. The Labute approximate surface area is 138 Å². The van der Waals surface area contributed by atoms with E-state index < -0.39 is 5.91 Å². The average molecular weight is 328 g/mol. The van der Waals surface area contributed by atoms with Gasteiger partial charge in [-0.2, -0.15) is 0 Å². The molecule has 0 aromatic heterocycles. The van der Waals surface area contributed by atoms with E-state index >= 15 is 0 Å². The Balaban J connectivity index is 1.79. The van der Waals surface area contributed by atoms with Crippen LogP contribution in [-0.2, 0) is 0 Å². The van der Waals surface area contributed by atoms with E-state index in [2.05, 4.69) is 0 Å². The summed E-state index contributed by atoms with van der Waals surface area (Å²) in [7, 11) is 2.90. The number of benzene rings is 2. The van der Waals surface area contributed by atoms with E-state index in [0.29, 0.717) is 33.4 Å². The standard InChI is InChI=1S/C17H16N2O5/c1-18(13-7-8-14-15(9-13)24-10-23-14)16(20)11-3-5-12(6-4-11)17(21)19(2)22/h3-9,22H,10H2,1-2H3. The number of hydrogen-bond acceptors (Lipinski definition) is 5. The van der Waals surface area contributed by atoms with Gasteiger partial charge in [-0.1, -0.05) is 0 Å².